The Labute approximate surface area is 149 Å². The van der Waals surface area contributed by atoms with E-state index < -0.39 is 0 Å². The monoisotopic (exact) mass is 352 g/mol. The third kappa shape index (κ3) is 4.07. The van der Waals surface area contributed by atoms with Crippen LogP contribution in [0.3, 0.4) is 0 Å². The number of carbonyl (C=O) groups excluding carboxylic acids is 1. The van der Waals surface area contributed by atoms with Crippen molar-refractivity contribution in [1.29, 1.82) is 0 Å². The summed E-state index contributed by atoms with van der Waals surface area (Å²) in [5.74, 6) is 0.842. The lowest BCUT2D eigenvalue weighted by Crippen LogP contribution is -2.08. The van der Waals surface area contributed by atoms with Crippen LogP contribution in [0.25, 0.3) is 0 Å². The molecule has 0 aliphatic heterocycles. The number of aromatic amines is 1. The van der Waals surface area contributed by atoms with E-state index in [1.807, 2.05) is 25.1 Å². The molecule has 0 radical (unpaired) electrons. The van der Waals surface area contributed by atoms with E-state index in [0.29, 0.717) is 16.1 Å². The van der Waals surface area contributed by atoms with Gasteiger partial charge in [-0.2, -0.15) is 14.9 Å². The Balaban J connectivity index is 1.70. The van der Waals surface area contributed by atoms with E-state index in [0.717, 1.165) is 17.8 Å². The van der Waals surface area contributed by atoms with Gasteiger partial charge in [-0.05, 0) is 54.2 Å². The standard InChI is InChI=1S/C18H16N4O2S/c1-2-16-20-21-18(25)22(16)19-12-13-8-10-15(11-9-13)24-17(23)14-6-4-3-5-7-14/h3-12H,2H2,1H3,(H,21,25)/b19-12-. The number of aryl methyl sites for hydroxylation is 1. The van der Waals surface area contributed by atoms with Crippen LogP contribution in [-0.4, -0.2) is 27.1 Å². The zero-order valence-electron chi connectivity index (χ0n) is 13.5. The molecule has 3 aromatic rings. The maximum absolute atomic E-state index is 12.0. The minimum Gasteiger partial charge on any atom is -0.423 e. The summed E-state index contributed by atoms with van der Waals surface area (Å²) in [6.45, 7) is 1.98. The third-order valence-electron chi connectivity index (χ3n) is 3.46. The van der Waals surface area contributed by atoms with Gasteiger partial charge in [0.1, 0.15) is 5.75 Å². The van der Waals surface area contributed by atoms with E-state index in [9.17, 15) is 4.79 Å². The number of carbonyl (C=O) groups is 1. The van der Waals surface area contributed by atoms with Crippen molar-refractivity contribution >= 4 is 24.4 Å². The molecule has 25 heavy (non-hydrogen) atoms. The molecule has 1 N–H and O–H groups in total. The molecule has 0 bridgehead atoms. The molecule has 1 aromatic heterocycles. The van der Waals surface area contributed by atoms with Gasteiger partial charge in [0.15, 0.2) is 5.82 Å². The quantitative estimate of drug-likeness (QED) is 0.330. The third-order valence-corrected chi connectivity index (χ3v) is 3.72. The summed E-state index contributed by atoms with van der Waals surface area (Å²) in [4.78, 5) is 12.0. The van der Waals surface area contributed by atoms with Crippen LogP contribution in [0.1, 0.15) is 28.7 Å². The minimum absolute atomic E-state index is 0.390. The maximum Gasteiger partial charge on any atom is 0.343 e. The van der Waals surface area contributed by atoms with Crippen LogP contribution in [0.5, 0.6) is 5.75 Å². The Morgan fingerprint density at radius 1 is 1.24 bits per heavy atom. The number of rotatable bonds is 5. The zero-order chi connectivity index (χ0) is 17.6. The predicted octanol–water partition coefficient (Wildman–Crippen LogP) is 3.60. The van der Waals surface area contributed by atoms with E-state index >= 15 is 0 Å². The van der Waals surface area contributed by atoms with Gasteiger partial charge in [0, 0.05) is 6.42 Å². The lowest BCUT2D eigenvalue weighted by molar-refractivity contribution is 0.0735. The van der Waals surface area contributed by atoms with Gasteiger partial charge in [0.05, 0.1) is 11.8 Å². The molecule has 2 aromatic carbocycles. The second-order valence-electron chi connectivity index (χ2n) is 5.18. The number of nitrogens with one attached hydrogen (secondary N) is 1. The molecular weight excluding hydrogens is 336 g/mol. The van der Waals surface area contributed by atoms with E-state index in [2.05, 4.69) is 15.3 Å². The molecule has 0 aliphatic rings. The smallest absolute Gasteiger partial charge is 0.343 e. The lowest BCUT2D eigenvalue weighted by Gasteiger charge is -2.04. The van der Waals surface area contributed by atoms with Gasteiger partial charge in [0.25, 0.3) is 0 Å². The normalized spacial score (nSPS) is 10.9. The summed E-state index contributed by atoms with van der Waals surface area (Å²) < 4.78 is 7.37. The molecule has 0 saturated carbocycles. The van der Waals surface area contributed by atoms with Crippen LogP contribution < -0.4 is 4.74 Å². The molecule has 0 atom stereocenters. The Bertz CT molecular complexity index is 943. The van der Waals surface area contributed by atoms with Crippen LogP contribution in [0.15, 0.2) is 59.7 Å². The van der Waals surface area contributed by atoms with Crippen molar-refractivity contribution in [3.63, 3.8) is 0 Å². The Morgan fingerprint density at radius 3 is 2.64 bits per heavy atom. The first-order chi connectivity index (χ1) is 12.2. The van der Waals surface area contributed by atoms with Gasteiger partial charge in [-0.25, -0.2) is 4.79 Å². The number of ether oxygens (including phenoxy) is 1. The number of esters is 1. The first-order valence-electron chi connectivity index (χ1n) is 7.75. The Morgan fingerprint density at radius 2 is 1.96 bits per heavy atom. The molecule has 1 heterocycles. The summed E-state index contributed by atoms with van der Waals surface area (Å²) in [6, 6.07) is 15.9. The van der Waals surface area contributed by atoms with Crippen molar-refractivity contribution < 1.29 is 9.53 Å². The number of nitrogens with zero attached hydrogens (tertiary/aromatic N) is 3. The zero-order valence-corrected chi connectivity index (χ0v) is 14.4. The first-order valence-corrected chi connectivity index (χ1v) is 8.16. The van der Waals surface area contributed by atoms with E-state index in [1.54, 1.807) is 47.3 Å². The fourth-order valence-electron chi connectivity index (χ4n) is 2.16. The second kappa shape index (κ2) is 7.67. The topological polar surface area (TPSA) is 72.3 Å². The molecule has 3 rings (SSSR count). The first kappa shape index (κ1) is 16.8. The summed E-state index contributed by atoms with van der Waals surface area (Å²) in [6.07, 6.45) is 2.39. The number of H-pyrrole nitrogens is 1. The van der Waals surface area contributed by atoms with E-state index in [-0.39, 0.29) is 5.97 Å². The largest absolute Gasteiger partial charge is 0.423 e. The highest BCUT2D eigenvalue weighted by Crippen LogP contribution is 2.14. The van der Waals surface area contributed by atoms with Crippen LogP contribution in [-0.2, 0) is 6.42 Å². The average Bonchev–Trinajstić information content (AvgIpc) is 3.01. The summed E-state index contributed by atoms with van der Waals surface area (Å²) in [7, 11) is 0. The van der Waals surface area contributed by atoms with Gasteiger partial charge in [-0.1, -0.05) is 25.1 Å². The fourth-order valence-corrected chi connectivity index (χ4v) is 2.36. The average molecular weight is 352 g/mol. The maximum atomic E-state index is 12.0. The van der Waals surface area contributed by atoms with Crippen molar-refractivity contribution in [3.8, 4) is 5.75 Å². The molecule has 0 unspecified atom stereocenters. The molecule has 0 saturated heterocycles. The SMILES string of the molecule is CCc1n[nH]c(=S)n1/N=C\c1ccc(OC(=O)c2ccccc2)cc1. The molecule has 0 spiro atoms. The molecule has 126 valence electrons. The highest BCUT2D eigenvalue weighted by Gasteiger charge is 2.07. The van der Waals surface area contributed by atoms with Crippen LogP contribution >= 0.6 is 12.2 Å². The lowest BCUT2D eigenvalue weighted by atomic mass is 10.2. The van der Waals surface area contributed by atoms with Gasteiger partial charge >= 0.3 is 5.97 Å². The summed E-state index contributed by atoms with van der Waals surface area (Å²) in [5.41, 5.74) is 1.36. The summed E-state index contributed by atoms with van der Waals surface area (Å²) >= 11 is 5.14. The molecule has 0 fully saturated rings. The van der Waals surface area contributed by atoms with Crippen molar-refractivity contribution in [2.75, 3.05) is 0 Å². The van der Waals surface area contributed by atoms with Crippen molar-refractivity contribution in [3.05, 3.63) is 76.3 Å². The number of hydrogen-bond acceptors (Lipinski definition) is 5. The molecule has 0 amide bonds. The van der Waals surface area contributed by atoms with Crippen LogP contribution in [0.2, 0.25) is 0 Å². The van der Waals surface area contributed by atoms with Crippen molar-refractivity contribution in [2.24, 2.45) is 5.10 Å². The van der Waals surface area contributed by atoms with Gasteiger partial charge in [-0.3, -0.25) is 5.10 Å². The fraction of sp³-hybridized carbons (Fsp3) is 0.111. The predicted molar refractivity (Wildman–Crippen MR) is 97.6 cm³/mol. The highest BCUT2D eigenvalue weighted by atomic mass is 32.1. The molecular formula is C18H16N4O2S. The molecule has 6 nitrogen and oxygen atoms in total. The van der Waals surface area contributed by atoms with Crippen LogP contribution in [0.4, 0.5) is 0 Å². The van der Waals surface area contributed by atoms with Crippen molar-refractivity contribution in [2.45, 2.75) is 13.3 Å². The van der Waals surface area contributed by atoms with Gasteiger partial charge in [-0.15, -0.1) is 0 Å². The number of aromatic nitrogens is 3. The van der Waals surface area contributed by atoms with Gasteiger partial charge < -0.3 is 4.74 Å². The van der Waals surface area contributed by atoms with Gasteiger partial charge in [0.2, 0.25) is 4.77 Å². The van der Waals surface area contributed by atoms with E-state index in [1.165, 1.54) is 0 Å². The summed E-state index contributed by atoms with van der Waals surface area (Å²) in [5, 5.41) is 11.1. The van der Waals surface area contributed by atoms with E-state index in [4.69, 9.17) is 17.0 Å². The van der Waals surface area contributed by atoms with Crippen LogP contribution in [0, 0.1) is 4.77 Å². The minimum atomic E-state index is -0.390. The molecule has 0 aliphatic carbocycles. The Kier molecular flexibility index (Phi) is 5.15. The highest BCUT2D eigenvalue weighted by molar-refractivity contribution is 7.71. The Hall–Kier alpha value is -3.06. The molecule has 7 heteroatoms. The number of benzene rings is 2. The van der Waals surface area contributed by atoms with Crippen molar-refractivity contribution in [1.82, 2.24) is 14.9 Å². The number of hydrogen-bond donors (Lipinski definition) is 1. The second-order valence-corrected chi connectivity index (χ2v) is 5.57.